The van der Waals surface area contributed by atoms with Crippen molar-refractivity contribution in [3.05, 3.63) is 70.0 Å². The Morgan fingerprint density at radius 3 is 3.00 bits per heavy atom. The van der Waals surface area contributed by atoms with Crippen molar-refractivity contribution in [2.75, 3.05) is 6.54 Å². The molecule has 4 rings (SSSR count). The minimum Gasteiger partial charge on any atom is -0.467 e. The SMILES string of the molecule is Cc1ccc2c(CN3CCCC3C(=O)NCc3ccco3)cc(=O)oc2c1. The van der Waals surface area contributed by atoms with Crippen molar-refractivity contribution in [2.24, 2.45) is 0 Å². The molecule has 27 heavy (non-hydrogen) atoms. The summed E-state index contributed by atoms with van der Waals surface area (Å²) >= 11 is 0. The Kier molecular flexibility index (Phi) is 4.81. The second kappa shape index (κ2) is 7.40. The van der Waals surface area contributed by atoms with Crippen molar-refractivity contribution in [3.63, 3.8) is 0 Å². The van der Waals surface area contributed by atoms with Gasteiger partial charge in [0.1, 0.15) is 11.3 Å². The maximum Gasteiger partial charge on any atom is 0.336 e. The molecule has 1 N–H and O–H groups in total. The Labute approximate surface area is 156 Å². The summed E-state index contributed by atoms with van der Waals surface area (Å²) in [5.41, 5.74) is 2.17. The summed E-state index contributed by atoms with van der Waals surface area (Å²) in [5.74, 6) is 0.724. The van der Waals surface area contributed by atoms with Crippen LogP contribution in [0.1, 0.15) is 29.7 Å². The number of benzene rings is 1. The molecule has 0 spiro atoms. The summed E-state index contributed by atoms with van der Waals surface area (Å²) in [5, 5.41) is 3.86. The lowest BCUT2D eigenvalue weighted by Gasteiger charge is -2.24. The molecule has 1 aliphatic heterocycles. The standard InChI is InChI=1S/C21H22N2O4/c1-14-6-7-17-15(11-20(24)27-19(17)10-14)13-23-8-2-5-18(23)21(25)22-12-16-4-3-9-26-16/h3-4,6-7,9-11,18H,2,5,8,12-13H2,1H3,(H,22,25). The van der Waals surface area contributed by atoms with E-state index in [9.17, 15) is 9.59 Å². The summed E-state index contributed by atoms with van der Waals surface area (Å²) in [6.07, 6.45) is 3.36. The van der Waals surface area contributed by atoms with Crippen LogP contribution in [0, 0.1) is 6.92 Å². The third-order valence-corrected chi connectivity index (χ3v) is 5.04. The van der Waals surface area contributed by atoms with Gasteiger partial charge in [0.05, 0.1) is 18.8 Å². The third-order valence-electron chi connectivity index (χ3n) is 5.04. The van der Waals surface area contributed by atoms with Gasteiger partial charge in [0.2, 0.25) is 5.91 Å². The first-order valence-corrected chi connectivity index (χ1v) is 9.18. The fraction of sp³-hybridized carbons (Fsp3) is 0.333. The number of nitrogens with one attached hydrogen (secondary N) is 1. The Bertz CT molecular complexity index is 1010. The van der Waals surface area contributed by atoms with Crippen LogP contribution in [0.4, 0.5) is 0 Å². The predicted octanol–water partition coefficient (Wildman–Crippen LogP) is 2.98. The van der Waals surface area contributed by atoms with Gasteiger partial charge in [-0.15, -0.1) is 0 Å². The zero-order chi connectivity index (χ0) is 18.8. The van der Waals surface area contributed by atoms with Gasteiger partial charge < -0.3 is 14.2 Å². The number of hydrogen-bond acceptors (Lipinski definition) is 5. The summed E-state index contributed by atoms with van der Waals surface area (Å²) in [6.45, 7) is 3.72. The number of fused-ring (bicyclic) bond motifs is 1. The minimum absolute atomic E-state index is 0.00739. The Morgan fingerprint density at radius 2 is 2.19 bits per heavy atom. The number of carbonyl (C=O) groups is 1. The zero-order valence-electron chi connectivity index (χ0n) is 15.2. The largest absolute Gasteiger partial charge is 0.467 e. The van der Waals surface area contributed by atoms with Crippen LogP contribution in [0.3, 0.4) is 0 Å². The highest BCUT2D eigenvalue weighted by atomic mass is 16.4. The van der Waals surface area contributed by atoms with Crippen LogP contribution in [-0.4, -0.2) is 23.4 Å². The van der Waals surface area contributed by atoms with Crippen molar-refractivity contribution in [3.8, 4) is 0 Å². The monoisotopic (exact) mass is 366 g/mol. The van der Waals surface area contributed by atoms with Gasteiger partial charge in [-0.2, -0.15) is 0 Å². The van der Waals surface area contributed by atoms with Gasteiger partial charge in [0.15, 0.2) is 0 Å². The molecule has 1 aromatic carbocycles. The van der Waals surface area contributed by atoms with Crippen LogP contribution >= 0.6 is 0 Å². The van der Waals surface area contributed by atoms with Crippen LogP contribution in [-0.2, 0) is 17.9 Å². The average Bonchev–Trinajstić information content (AvgIpc) is 3.31. The lowest BCUT2D eigenvalue weighted by molar-refractivity contribution is -0.125. The first kappa shape index (κ1) is 17.5. The number of furan rings is 1. The molecule has 3 aromatic rings. The molecule has 0 radical (unpaired) electrons. The second-order valence-electron chi connectivity index (χ2n) is 7.02. The van der Waals surface area contributed by atoms with E-state index in [-0.39, 0.29) is 17.6 Å². The normalized spacial score (nSPS) is 17.4. The lowest BCUT2D eigenvalue weighted by Crippen LogP contribution is -2.42. The summed E-state index contributed by atoms with van der Waals surface area (Å²) in [4.78, 5) is 26.7. The van der Waals surface area contributed by atoms with E-state index in [1.165, 1.54) is 6.07 Å². The number of aryl methyl sites for hydroxylation is 1. The van der Waals surface area contributed by atoms with Gasteiger partial charge in [-0.05, 0) is 55.6 Å². The molecule has 1 fully saturated rings. The van der Waals surface area contributed by atoms with E-state index in [0.29, 0.717) is 18.7 Å². The van der Waals surface area contributed by atoms with Crippen LogP contribution in [0.15, 0.2) is 56.3 Å². The van der Waals surface area contributed by atoms with Crippen molar-refractivity contribution >= 4 is 16.9 Å². The first-order chi connectivity index (χ1) is 13.1. The highest BCUT2D eigenvalue weighted by Gasteiger charge is 2.31. The van der Waals surface area contributed by atoms with E-state index < -0.39 is 0 Å². The number of hydrogen-bond donors (Lipinski definition) is 1. The molecular formula is C21H22N2O4. The first-order valence-electron chi connectivity index (χ1n) is 9.18. The molecule has 2 aromatic heterocycles. The number of likely N-dealkylation sites (tertiary alicyclic amines) is 1. The van der Waals surface area contributed by atoms with Gasteiger partial charge in [-0.3, -0.25) is 9.69 Å². The maximum atomic E-state index is 12.6. The molecular weight excluding hydrogens is 344 g/mol. The highest BCUT2D eigenvalue weighted by molar-refractivity contribution is 5.83. The Balaban J connectivity index is 1.52. The van der Waals surface area contributed by atoms with Gasteiger partial charge in [0.25, 0.3) is 0 Å². The molecule has 3 heterocycles. The number of amides is 1. The molecule has 140 valence electrons. The molecule has 1 atom stereocenters. The molecule has 6 nitrogen and oxygen atoms in total. The van der Waals surface area contributed by atoms with E-state index >= 15 is 0 Å². The van der Waals surface area contributed by atoms with E-state index in [4.69, 9.17) is 8.83 Å². The summed E-state index contributed by atoms with van der Waals surface area (Å²) < 4.78 is 10.6. The van der Waals surface area contributed by atoms with Gasteiger partial charge in [-0.1, -0.05) is 12.1 Å². The third kappa shape index (κ3) is 3.80. The van der Waals surface area contributed by atoms with Crippen molar-refractivity contribution in [1.82, 2.24) is 10.2 Å². The van der Waals surface area contributed by atoms with E-state index in [2.05, 4.69) is 10.2 Å². The topological polar surface area (TPSA) is 75.7 Å². The molecule has 1 amide bonds. The molecule has 0 aliphatic carbocycles. The molecule has 6 heteroatoms. The predicted molar refractivity (Wildman–Crippen MR) is 101 cm³/mol. The summed E-state index contributed by atoms with van der Waals surface area (Å²) in [6, 6.07) is 10.8. The number of nitrogens with zero attached hydrogens (tertiary/aromatic N) is 1. The smallest absolute Gasteiger partial charge is 0.336 e. The van der Waals surface area contributed by atoms with Crippen LogP contribution < -0.4 is 10.9 Å². The van der Waals surface area contributed by atoms with Gasteiger partial charge >= 0.3 is 5.63 Å². The highest BCUT2D eigenvalue weighted by Crippen LogP contribution is 2.24. The molecule has 1 aliphatic rings. The van der Waals surface area contributed by atoms with Gasteiger partial charge in [-0.25, -0.2) is 4.79 Å². The Morgan fingerprint density at radius 1 is 1.30 bits per heavy atom. The van der Waals surface area contributed by atoms with Gasteiger partial charge in [0, 0.05) is 18.0 Å². The average molecular weight is 366 g/mol. The molecule has 0 bridgehead atoms. The van der Waals surface area contributed by atoms with E-state index in [0.717, 1.165) is 41.7 Å². The van der Waals surface area contributed by atoms with Crippen LogP contribution in [0.5, 0.6) is 0 Å². The van der Waals surface area contributed by atoms with Crippen LogP contribution in [0.2, 0.25) is 0 Å². The van der Waals surface area contributed by atoms with Crippen LogP contribution in [0.25, 0.3) is 11.0 Å². The number of rotatable bonds is 5. The Hall–Kier alpha value is -2.86. The molecule has 1 saturated heterocycles. The zero-order valence-corrected chi connectivity index (χ0v) is 15.2. The number of carbonyl (C=O) groups excluding carboxylic acids is 1. The second-order valence-corrected chi connectivity index (χ2v) is 7.02. The molecule has 1 unspecified atom stereocenters. The van der Waals surface area contributed by atoms with Crippen molar-refractivity contribution < 1.29 is 13.6 Å². The fourth-order valence-electron chi connectivity index (χ4n) is 3.70. The quantitative estimate of drug-likeness (QED) is 0.703. The maximum absolute atomic E-state index is 12.6. The summed E-state index contributed by atoms with van der Waals surface area (Å²) in [7, 11) is 0. The van der Waals surface area contributed by atoms with Crippen molar-refractivity contribution in [2.45, 2.75) is 38.9 Å². The van der Waals surface area contributed by atoms with E-state index in [1.54, 1.807) is 12.3 Å². The fourth-order valence-corrected chi connectivity index (χ4v) is 3.70. The van der Waals surface area contributed by atoms with Crippen molar-refractivity contribution in [1.29, 1.82) is 0 Å². The molecule has 0 saturated carbocycles. The lowest BCUT2D eigenvalue weighted by atomic mass is 10.1. The van der Waals surface area contributed by atoms with E-state index in [1.807, 2.05) is 31.2 Å². The minimum atomic E-state index is -0.360.